The van der Waals surface area contributed by atoms with Crippen LogP contribution in [0.1, 0.15) is 44.0 Å². The Balaban J connectivity index is 1.30. The van der Waals surface area contributed by atoms with E-state index in [0.717, 1.165) is 49.3 Å². The van der Waals surface area contributed by atoms with Gasteiger partial charge >= 0.3 is 0 Å². The molecule has 1 aliphatic rings. The molecule has 1 N–H and O–H groups in total. The summed E-state index contributed by atoms with van der Waals surface area (Å²) in [5, 5.41) is 3.20. The zero-order valence-corrected chi connectivity index (χ0v) is 18.6. The lowest BCUT2D eigenvalue weighted by molar-refractivity contribution is -0.127. The van der Waals surface area contributed by atoms with Gasteiger partial charge in [-0.2, -0.15) is 0 Å². The number of rotatable bonds is 7. The first kappa shape index (κ1) is 22.2. The third-order valence-electron chi connectivity index (χ3n) is 6.11. The Morgan fingerprint density at radius 3 is 2.47 bits per heavy atom. The van der Waals surface area contributed by atoms with Crippen molar-refractivity contribution in [1.29, 1.82) is 0 Å². The molecule has 4 rings (SSSR count). The molecule has 0 saturated carbocycles. The van der Waals surface area contributed by atoms with E-state index in [-0.39, 0.29) is 29.6 Å². The second-order valence-electron chi connectivity index (χ2n) is 8.84. The average Bonchev–Trinajstić information content (AvgIpc) is 3.27. The van der Waals surface area contributed by atoms with Crippen molar-refractivity contribution in [3.05, 3.63) is 77.9 Å². The second kappa shape index (κ2) is 10.1. The molecular weight excluding hydrogens is 405 g/mol. The molecule has 0 unspecified atom stereocenters. The number of piperidine rings is 1. The van der Waals surface area contributed by atoms with E-state index < -0.39 is 0 Å². The van der Waals surface area contributed by atoms with Crippen molar-refractivity contribution in [3.8, 4) is 11.5 Å². The van der Waals surface area contributed by atoms with Crippen molar-refractivity contribution in [1.82, 2.24) is 15.2 Å². The molecule has 1 aromatic heterocycles. The summed E-state index contributed by atoms with van der Waals surface area (Å²) in [5.41, 5.74) is 2.81. The molecule has 1 atom stereocenters. The fraction of sp³-hybridized carbons (Fsp3) is 0.385. The Bertz CT molecular complexity index is 1010. The molecule has 0 bridgehead atoms. The number of amides is 1. The number of aromatic nitrogens is 1. The van der Waals surface area contributed by atoms with E-state index >= 15 is 0 Å². The number of hydrogen-bond donors (Lipinski definition) is 1. The summed E-state index contributed by atoms with van der Waals surface area (Å²) < 4.78 is 18.9. The summed E-state index contributed by atoms with van der Waals surface area (Å²) in [6.07, 6.45) is 3.34. The third kappa shape index (κ3) is 5.43. The molecule has 32 heavy (non-hydrogen) atoms. The first-order valence-electron chi connectivity index (χ1n) is 11.3. The van der Waals surface area contributed by atoms with Crippen LogP contribution in [0.4, 0.5) is 4.39 Å². The SMILES string of the molecule is CC(C)[C@H](NC(=O)C1CCN(Cc2coc(-c3ccccc3)n2)CC1)c1ccc(F)cc1. The van der Waals surface area contributed by atoms with Crippen LogP contribution in [0.3, 0.4) is 0 Å². The molecule has 1 saturated heterocycles. The summed E-state index contributed by atoms with van der Waals surface area (Å²) in [6, 6.07) is 16.2. The summed E-state index contributed by atoms with van der Waals surface area (Å²) in [5.74, 6) is 0.662. The fourth-order valence-corrected chi connectivity index (χ4v) is 4.25. The quantitative estimate of drug-likeness (QED) is 0.554. The van der Waals surface area contributed by atoms with Gasteiger partial charge in [-0.15, -0.1) is 0 Å². The van der Waals surface area contributed by atoms with Crippen molar-refractivity contribution in [3.63, 3.8) is 0 Å². The van der Waals surface area contributed by atoms with Gasteiger partial charge in [0.25, 0.3) is 0 Å². The van der Waals surface area contributed by atoms with Crippen LogP contribution < -0.4 is 5.32 Å². The van der Waals surface area contributed by atoms with Crippen molar-refractivity contribution < 1.29 is 13.6 Å². The van der Waals surface area contributed by atoms with Crippen LogP contribution in [-0.4, -0.2) is 28.9 Å². The molecule has 3 aromatic rings. The number of carbonyl (C=O) groups excluding carboxylic acids is 1. The Labute approximate surface area is 188 Å². The topological polar surface area (TPSA) is 58.4 Å². The van der Waals surface area contributed by atoms with Gasteiger partial charge in [0.15, 0.2) is 0 Å². The normalized spacial score (nSPS) is 16.2. The van der Waals surface area contributed by atoms with Crippen LogP contribution in [-0.2, 0) is 11.3 Å². The molecule has 168 valence electrons. The smallest absolute Gasteiger partial charge is 0.226 e. The van der Waals surface area contributed by atoms with E-state index in [1.54, 1.807) is 18.4 Å². The van der Waals surface area contributed by atoms with E-state index in [0.29, 0.717) is 5.89 Å². The van der Waals surface area contributed by atoms with Gasteiger partial charge in [0.05, 0.1) is 11.7 Å². The maximum absolute atomic E-state index is 13.3. The minimum atomic E-state index is -0.266. The molecule has 5 nitrogen and oxygen atoms in total. The minimum Gasteiger partial charge on any atom is -0.444 e. The number of nitrogens with zero attached hydrogens (tertiary/aromatic N) is 2. The highest BCUT2D eigenvalue weighted by atomic mass is 19.1. The van der Waals surface area contributed by atoms with Crippen molar-refractivity contribution in [2.75, 3.05) is 13.1 Å². The van der Waals surface area contributed by atoms with Gasteiger partial charge in [0.1, 0.15) is 12.1 Å². The number of halogens is 1. The summed E-state index contributed by atoms with van der Waals surface area (Å²) >= 11 is 0. The Morgan fingerprint density at radius 2 is 1.81 bits per heavy atom. The summed E-state index contributed by atoms with van der Waals surface area (Å²) in [7, 11) is 0. The Morgan fingerprint density at radius 1 is 1.12 bits per heavy atom. The molecule has 2 heterocycles. The molecule has 1 fully saturated rings. The van der Waals surface area contributed by atoms with Gasteiger partial charge in [0, 0.05) is 18.0 Å². The largest absolute Gasteiger partial charge is 0.444 e. The lowest BCUT2D eigenvalue weighted by atomic mass is 9.92. The zero-order chi connectivity index (χ0) is 22.5. The van der Waals surface area contributed by atoms with E-state index in [4.69, 9.17) is 4.42 Å². The number of carbonyl (C=O) groups is 1. The van der Waals surface area contributed by atoms with Gasteiger partial charge < -0.3 is 9.73 Å². The molecular formula is C26H30FN3O2. The molecule has 2 aromatic carbocycles. The van der Waals surface area contributed by atoms with Crippen LogP contribution in [0.15, 0.2) is 65.3 Å². The van der Waals surface area contributed by atoms with Crippen LogP contribution in [0, 0.1) is 17.7 Å². The highest BCUT2D eigenvalue weighted by Crippen LogP contribution is 2.26. The number of hydrogen-bond acceptors (Lipinski definition) is 4. The predicted octanol–water partition coefficient (Wildman–Crippen LogP) is 5.21. The second-order valence-corrected chi connectivity index (χ2v) is 8.84. The Kier molecular flexibility index (Phi) is 7.00. The van der Waals surface area contributed by atoms with Gasteiger partial charge in [-0.3, -0.25) is 9.69 Å². The van der Waals surface area contributed by atoms with Crippen molar-refractivity contribution >= 4 is 5.91 Å². The van der Waals surface area contributed by atoms with Crippen molar-refractivity contribution in [2.45, 2.75) is 39.3 Å². The number of likely N-dealkylation sites (tertiary alicyclic amines) is 1. The molecule has 0 spiro atoms. The standard InChI is InChI=1S/C26H30FN3O2/c1-18(2)24(19-8-10-22(27)11-9-19)29-25(31)20-12-14-30(15-13-20)16-23-17-32-26(28-23)21-6-4-3-5-7-21/h3-11,17-18,20,24H,12-16H2,1-2H3,(H,29,31)/t24-/m0/s1. The van der Waals surface area contributed by atoms with Crippen LogP contribution >= 0.6 is 0 Å². The first-order chi connectivity index (χ1) is 15.5. The minimum absolute atomic E-state index is 0.00913. The number of benzene rings is 2. The fourth-order valence-electron chi connectivity index (χ4n) is 4.25. The van der Waals surface area contributed by atoms with Crippen LogP contribution in [0.2, 0.25) is 0 Å². The lowest BCUT2D eigenvalue weighted by Crippen LogP contribution is -2.42. The lowest BCUT2D eigenvalue weighted by Gasteiger charge is -2.32. The summed E-state index contributed by atoms with van der Waals surface area (Å²) in [4.78, 5) is 19.9. The maximum atomic E-state index is 13.3. The first-order valence-corrected chi connectivity index (χ1v) is 11.3. The molecule has 0 aliphatic carbocycles. The third-order valence-corrected chi connectivity index (χ3v) is 6.11. The molecule has 1 amide bonds. The maximum Gasteiger partial charge on any atom is 0.226 e. The zero-order valence-electron chi connectivity index (χ0n) is 18.6. The average molecular weight is 436 g/mol. The number of oxazole rings is 1. The predicted molar refractivity (Wildman–Crippen MR) is 122 cm³/mol. The molecule has 1 aliphatic heterocycles. The van der Waals surface area contributed by atoms with E-state index in [1.807, 2.05) is 30.3 Å². The Hall–Kier alpha value is -2.99. The van der Waals surface area contributed by atoms with Gasteiger partial charge in [-0.25, -0.2) is 9.37 Å². The molecule has 6 heteroatoms. The van der Waals surface area contributed by atoms with Crippen LogP contribution in [0.25, 0.3) is 11.5 Å². The van der Waals surface area contributed by atoms with E-state index in [1.165, 1.54) is 12.1 Å². The molecule has 0 radical (unpaired) electrons. The van der Waals surface area contributed by atoms with Gasteiger partial charge in [-0.05, 0) is 61.7 Å². The van der Waals surface area contributed by atoms with Crippen LogP contribution in [0.5, 0.6) is 0 Å². The van der Waals surface area contributed by atoms with Gasteiger partial charge in [0.2, 0.25) is 11.8 Å². The highest BCUT2D eigenvalue weighted by Gasteiger charge is 2.28. The van der Waals surface area contributed by atoms with E-state index in [2.05, 4.69) is 29.0 Å². The highest BCUT2D eigenvalue weighted by molar-refractivity contribution is 5.79. The van der Waals surface area contributed by atoms with E-state index in [9.17, 15) is 9.18 Å². The van der Waals surface area contributed by atoms with Crippen molar-refractivity contribution in [2.24, 2.45) is 11.8 Å². The van der Waals surface area contributed by atoms with Gasteiger partial charge in [-0.1, -0.05) is 44.2 Å². The number of nitrogens with one attached hydrogen (secondary N) is 1. The monoisotopic (exact) mass is 435 g/mol. The summed E-state index contributed by atoms with van der Waals surface area (Å²) in [6.45, 7) is 6.54.